The number of rotatable bonds is 5. The van der Waals surface area contributed by atoms with Crippen LogP contribution in [-0.4, -0.2) is 15.0 Å². The Kier molecular flexibility index (Phi) is 5.02. The van der Waals surface area contributed by atoms with E-state index in [0.29, 0.717) is 12.1 Å². The number of halogens is 4. The average Bonchev–Trinajstić information content (AvgIpc) is 2.48. The van der Waals surface area contributed by atoms with E-state index in [4.69, 9.17) is 8.92 Å². The fraction of sp³-hybridized carbons (Fsp3) is 0.200. The molecule has 24 heavy (non-hydrogen) atoms. The lowest BCUT2D eigenvalue weighted by Crippen LogP contribution is -2.14. The van der Waals surface area contributed by atoms with Gasteiger partial charge in [-0.2, -0.15) is 21.6 Å². The summed E-state index contributed by atoms with van der Waals surface area (Å²) in [6.07, 6.45) is -4.82. The fourth-order valence-electron chi connectivity index (χ4n) is 1.83. The van der Waals surface area contributed by atoms with Gasteiger partial charge in [-0.15, -0.1) is 0 Å². The summed E-state index contributed by atoms with van der Waals surface area (Å²) >= 11 is 0. The van der Waals surface area contributed by atoms with E-state index in [2.05, 4.69) is 0 Å². The van der Waals surface area contributed by atoms with E-state index in [1.54, 1.807) is 13.0 Å². The van der Waals surface area contributed by atoms with Crippen molar-refractivity contribution in [2.75, 3.05) is 6.61 Å². The van der Waals surface area contributed by atoms with Crippen molar-refractivity contribution in [2.24, 2.45) is 0 Å². The predicted molar refractivity (Wildman–Crippen MR) is 76.8 cm³/mol. The summed E-state index contributed by atoms with van der Waals surface area (Å²) in [7, 11) is -4.82. The topological polar surface area (TPSA) is 52.6 Å². The maximum absolute atomic E-state index is 13.7. The zero-order chi connectivity index (χ0) is 18.0. The molecule has 2 aromatic carbocycles. The third-order valence-corrected chi connectivity index (χ3v) is 4.13. The molecule has 0 aliphatic carbocycles. The summed E-state index contributed by atoms with van der Waals surface area (Å²) in [6, 6.07) is 6.71. The van der Waals surface area contributed by atoms with Gasteiger partial charge in [0, 0.05) is 0 Å². The van der Waals surface area contributed by atoms with Crippen molar-refractivity contribution in [3.05, 3.63) is 53.8 Å². The predicted octanol–water partition coefficient (Wildman–Crippen LogP) is 4.01. The molecule has 0 N–H and O–H groups in total. The molecular formula is C15H12F4O4S. The molecule has 0 spiro atoms. The molecule has 0 amide bonds. The lowest BCUT2D eigenvalue weighted by atomic mass is 10.2. The van der Waals surface area contributed by atoms with Crippen LogP contribution in [0.25, 0.3) is 0 Å². The summed E-state index contributed by atoms with van der Waals surface area (Å²) in [4.78, 5) is -1.20. The van der Waals surface area contributed by atoms with E-state index in [1.165, 1.54) is 18.2 Å². The maximum atomic E-state index is 13.7. The molecule has 9 heteroatoms. The molecule has 0 heterocycles. The highest BCUT2D eigenvalue weighted by Gasteiger charge is 2.33. The van der Waals surface area contributed by atoms with E-state index < -0.39 is 32.6 Å². The van der Waals surface area contributed by atoms with Crippen LogP contribution in [0.2, 0.25) is 0 Å². The van der Waals surface area contributed by atoms with Crippen LogP contribution in [0.15, 0.2) is 47.4 Å². The van der Waals surface area contributed by atoms with Gasteiger partial charge in [-0.05, 0) is 37.3 Å². The standard InChI is InChI=1S/C15H12F4O4S/c1-2-22-12-5-3-4-6-13(12)23-24(20,21)14-9-10(15(17,18)19)7-8-11(14)16/h3-9H,2H2,1H3. The minimum absolute atomic E-state index is 0.0657. The van der Waals surface area contributed by atoms with Gasteiger partial charge in [-0.3, -0.25) is 0 Å². The van der Waals surface area contributed by atoms with Crippen molar-refractivity contribution >= 4 is 10.1 Å². The molecule has 0 aromatic heterocycles. The lowest BCUT2D eigenvalue weighted by molar-refractivity contribution is -0.137. The van der Waals surface area contributed by atoms with Crippen molar-refractivity contribution in [3.63, 3.8) is 0 Å². The van der Waals surface area contributed by atoms with Gasteiger partial charge in [0.05, 0.1) is 12.2 Å². The minimum Gasteiger partial charge on any atom is -0.490 e. The first-order chi connectivity index (χ1) is 11.1. The summed E-state index contributed by atoms with van der Waals surface area (Å²) in [5, 5.41) is 0. The molecule has 0 fully saturated rings. The maximum Gasteiger partial charge on any atom is 0.416 e. The average molecular weight is 364 g/mol. The fourth-order valence-corrected chi connectivity index (χ4v) is 2.87. The Morgan fingerprint density at radius 3 is 2.25 bits per heavy atom. The molecule has 0 aliphatic rings. The molecule has 4 nitrogen and oxygen atoms in total. The second-order valence-corrected chi connectivity index (χ2v) is 6.07. The van der Waals surface area contributed by atoms with Crippen molar-refractivity contribution in [1.82, 2.24) is 0 Å². The zero-order valence-corrected chi connectivity index (χ0v) is 13.1. The molecule has 2 rings (SSSR count). The van der Waals surface area contributed by atoms with Crippen LogP contribution in [0.3, 0.4) is 0 Å². The van der Waals surface area contributed by atoms with E-state index >= 15 is 0 Å². The molecule has 130 valence electrons. The number of hydrogen-bond acceptors (Lipinski definition) is 4. The Morgan fingerprint density at radius 1 is 1.04 bits per heavy atom. The van der Waals surface area contributed by atoms with E-state index in [9.17, 15) is 26.0 Å². The van der Waals surface area contributed by atoms with Gasteiger partial charge >= 0.3 is 16.3 Å². The largest absolute Gasteiger partial charge is 0.490 e. The molecule has 0 radical (unpaired) electrons. The number of benzene rings is 2. The van der Waals surface area contributed by atoms with Crippen molar-refractivity contribution in [3.8, 4) is 11.5 Å². The van der Waals surface area contributed by atoms with Gasteiger partial charge < -0.3 is 8.92 Å². The SMILES string of the molecule is CCOc1ccccc1OS(=O)(=O)c1cc(C(F)(F)F)ccc1F. The number of alkyl halides is 3. The zero-order valence-electron chi connectivity index (χ0n) is 12.3. The molecule has 0 saturated carbocycles. The van der Waals surface area contributed by atoms with Crippen LogP contribution in [0.4, 0.5) is 17.6 Å². The molecule has 2 aromatic rings. The van der Waals surface area contributed by atoms with Crippen LogP contribution < -0.4 is 8.92 Å². The molecule has 0 atom stereocenters. The minimum atomic E-state index is -4.82. The van der Waals surface area contributed by atoms with Crippen LogP contribution in [-0.2, 0) is 16.3 Å². The van der Waals surface area contributed by atoms with Crippen LogP contribution >= 0.6 is 0 Å². The molecule has 0 saturated heterocycles. The first kappa shape index (κ1) is 18.1. The van der Waals surface area contributed by atoms with E-state index in [0.717, 1.165) is 0 Å². The Labute approximate surface area is 135 Å². The monoisotopic (exact) mass is 364 g/mol. The van der Waals surface area contributed by atoms with E-state index in [1.807, 2.05) is 0 Å². The number of ether oxygens (including phenoxy) is 1. The second-order valence-electron chi connectivity index (χ2n) is 4.56. The Hall–Kier alpha value is -2.29. The van der Waals surface area contributed by atoms with Crippen molar-refractivity contribution in [1.29, 1.82) is 0 Å². The van der Waals surface area contributed by atoms with Crippen molar-refractivity contribution in [2.45, 2.75) is 18.0 Å². The highest BCUT2D eigenvalue weighted by Crippen LogP contribution is 2.34. The van der Waals surface area contributed by atoms with Crippen LogP contribution in [0, 0.1) is 5.82 Å². The summed E-state index contributed by atoms with van der Waals surface area (Å²) < 4.78 is 86.1. The summed E-state index contributed by atoms with van der Waals surface area (Å²) in [5.41, 5.74) is -1.30. The van der Waals surface area contributed by atoms with Gasteiger partial charge in [0.1, 0.15) is 10.7 Å². The highest BCUT2D eigenvalue weighted by atomic mass is 32.2. The Morgan fingerprint density at radius 2 is 1.67 bits per heavy atom. The van der Waals surface area contributed by atoms with Gasteiger partial charge in [0.25, 0.3) is 0 Å². The molecule has 0 unspecified atom stereocenters. The summed E-state index contributed by atoms with van der Waals surface area (Å²) in [5.74, 6) is -1.54. The Balaban J connectivity index is 2.45. The molecule has 0 aliphatic heterocycles. The van der Waals surface area contributed by atoms with Crippen LogP contribution in [0.5, 0.6) is 11.5 Å². The third kappa shape index (κ3) is 3.97. The smallest absolute Gasteiger partial charge is 0.416 e. The second kappa shape index (κ2) is 6.68. The van der Waals surface area contributed by atoms with Crippen molar-refractivity contribution < 1.29 is 34.9 Å². The normalized spacial score (nSPS) is 12.0. The highest BCUT2D eigenvalue weighted by molar-refractivity contribution is 7.87. The van der Waals surface area contributed by atoms with E-state index in [-0.39, 0.29) is 24.2 Å². The van der Waals surface area contributed by atoms with Crippen LogP contribution in [0.1, 0.15) is 12.5 Å². The number of hydrogen-bond donors (Lipinski definition) is 0. The first-order valence-corrected chi connectivity index (χ1v) is 8.09. The van der Waals surface area contributed by atoms with Gasteiger partial charge in [0.15, 0.2) is 11.5 Å². The third-order valence-electron chi connectivity index (χ3n) is 2.88. The molecular weight excluding hydrogens is 352 g/mol. The molecule has 0 bridgehead atoms. The lowest BCUT2D eigenvalue weighted by Gasteiger charge is -2.13. The van der Waals surface area contributed by atoms with Gasteiger partial charge in [-0.1, -0.05) is 12.1 Å². The van der Waals surface area contributed by atoms with Gasteiger partial charge in [0.2, 0.25) is 0 Å². The quantitative estimate of drug-likeness (QED) is 0.594. The first-order valence-electron chi connectivity index (χ1n) is 6.68. The van der Waals surface area contributed by atoms with Gasteiger partial charge in [-0.25, -0.2) is 4.39 Å². The Bertz CT molecular complexity index is 832. The number of para-hydroxylation sites is 2. The summed E-state index contributed by atoms with van der Waals surface area (Å²) in [6.45, 7) is 1.86.